The summed E-state index contributed by atoms with van der Waals surface area (Å²) in [6, 6.07) is 15.7. The van der Waals surface area contributed by atoms with Gasteiger partial charge in [0.05, 0.1) is 5.69 Å². The number of amides is 1. The average Bonchev–Trinajstić information content (AvgIpc) is 2.96. The van der Waals surface area contributed by atoms with Crippen molar-refractivity contribution in [1.82, 2.24) is 9.78 Å². The van der Waals surface area contributed by atoms with Gasteiger partial charge >= 0.3 is 0 Å². The van der Waals surface area contributed by atoms with Gasteiger partial charge in [-0.05, 0) is 55.3 Å². The third-order valence-corrected chi connectivity index (χ3v) is 5.24. The molecule has 0 spiro atoms. The minimum Gasteiger partial charge on any atom is -0.375 e. The van der Waals surface area contributed by atoms with Crippen LogP contribution in [0, 0.1) is 6.92 Å². The van der Waals surface area contributed by atoms with Crippen LogP contribution >= 0.6 is 15.9 Å². The average molecular weight is 441 g/mol. The van der Waals surface area contributed by atoms with Crippen molar-refractivity contribution in [2.75, 3.05) is 23.8 Å². The van der Waals surface area contributed by atoms with Gasteiger partial charge in [-0.15, -0.1) is 0 Å². The monoisotopic (exact) mass is 440 g/mol. The molecule has 28 heavy (non-hydrogen) atoms. The lowest BCUT2D eigenvalue weighted by Gasteiger charge is -2.18. The van der Waals surface area contributed by atoms with Gasteiger partial charge in [0, 0.05) is 41.9 Å². The highest BCUT2D eigenvalue weighted by molar-refractivity contribution is 9.10. The van der Waals surface area contributed by atoms with Crippen molar-refractivity contribution < 1.29 is 4.79 Å². The fourth-order valence-corrected chi connectivity index (χ4v) is 3.54. The van der Waals surface area contributed by atoms with E-state index in [2.05, 4.69) is 45.2 Å². The van der Waals surface area contributed by atoms with Crippen LogP contribution in [0.4, 0.5) is 11.5 Å². The van der Waals surface area contributed by atoms with Crippen LogP contribution < -0.4 is 10.2 Å². The SMILES string of the molecule is CCCN(C)c1ccc(C(=O)Nc2c(-c3ccc(Br)cc3)c(C)nn2C)cc1. The molecular weight excluding hydrogens is 416 g/mol. The van der Waals surface area contributed by atoms with Crippen molar-refractivity contribution in [3.05, 3.63) is 64.3 Å². The Morgan fingerprint density at radius 1 is 1.14 bits per heavy atom. The Bertz CT molecular complexity index is 961. The second kappa shape index (κ2) is 8.61. The molecule has 6 heteroatoms. The Hall–Kier alpha value is -2.60. The zero-order valence-corrected chi connectivity index (χ0v) is 18.2. The standard InChI is InChI=1S/C22H25BrN4O/c1-5-14-26(3)19-12-8-17(9-13-19)22(28)24-21-20(15(2)25-27(21)4)16-6-10-18(23)11-7-16/h6-13H,5,14H2,1-4H3,(H,24,28). The van der Waals surface area contributed by atoms with Gasteiger partial charge in [-0.1, -0.05) is 35.0 Å². The van der Waals surface area contributed by atoms with E-state index < -0.39 is 0 Å². The lowest BCUT2D eigenvalue weighted by molar-refractivity contribution is 0.102. The van der Waals surface area contributed by atoms with E-state index in [0.29, 0.717) is 11.4 Å². The molecule has 0 aliphatic heterocycles. The highest BCUT2D eigenvalue weighted by Crippen LogP contribution is 2.32. The zero-order valence-electron chi connectivity index (χ0n) is 16.7. The van der Waals surface area contributed by atoms with Crippen LogP contribution in [0.5, 0.6) is 0 Å². The molecule has 1 aromatic heterocycles. The molecule has 2 aromatic carbocycles. The molecule has 0 fully saturated rings. The second-order valence-electron chi connectivity index (χ2n) is 6.86. The van der Waals surface area contributed by atoms with Gasteiger partial charge in [-0.3, -0.25) is 9.48 Å². The van der Waals surface area contributed by atoms with E-state index in [4.69, 9.17) is 0 Å². The molecule has 1 amide bonds. The molecule has 0 atom stereocenters. The summed E-state index contributed by atoms with van der Waals surface area (Å²) in [4.78, 5) is 15.0. The number of rotatable bonds is 6. The number of hydrogen-bond acceptors (Lipinski definition) is 3. The number of aromatic nitrogens is 2. The van der Waals surface area contributed by atoms with E-state index in [1.807, 2.05) is 62.5 Å². The van der Waals surface area contributed by atoms with Gasteiger partial charge in [0.2, 0.25) is 0 Å². The van der Waals surface area contributed by atoms with E-state index >= 15 is 0 Å². The van der Waals surface area contributed by atoms with Crippen molar-refractivity contribution in [1.29, 1.82) is 0 Å². The quantitative estimate of drug-likeness (QED) is 0.568. The largest absolute Gasteiger partial charge is 0.375 e. The number of hydrogen-bond donors (Lipinski definition) is 1. The molecular formula is C22H25BrN4O. The molecule has 0 unspecified atom stereocenters. The molecule has 0 bridgehead atoms. The van der Waals surface area contributed by atoms with E-state index in [-0.39, 0.29) is 5.91 Å². The minimum atomic E-state index is -0.147. The highest BCUT2D eigenvalue weighted by Gasteiger charge is 2.18. The molecule has 0 radical (unpaired) electrons. The first-order chi connectivity index (χ1) is 13.4. The molecule has 5 nitrogen and oxygen atoms in total. The molecule has 0 aliphatic carbocycles. The molecule has 1 N–H and O–H groups in total. The fourth-order valence-electron chi connectivity index (χ4n) is 3.28. The van der Waals surface area contributed by atoms with Gasteiger partial charge in [0.15, 0.2) is 0 Å². The number of benzene rings is 2. The minimum absolute atomic E-state index is 0.147. The normalized spacial score (nSPS) is 10.8. The maximum atomic E-state index is 12.8. The topological polar surface area (TPSA) is 50.2 Å². The number of carbonyl (C=O) groups is 1. The second-order valence-corrected chi connectivity index (χ2v) is 7.78. The van der Waals surface area contributed by atoms with Gasteiger partial charge < -0.3 is 10.2 Å². The van der Waals surface area contributed by atoms with Crippen LogP contribution in [0.15, 0.2) is 53.0 Å². The van der Waals surface area contributed by atoms with Crippen molar-refractivity contribution in [3.8, 4) is 11.1 Å². The Balaban J connectivity index is 1.85. The molecule has 1 heterocycles. The maximum Gasteiger partial charge on any atom is 0.256 e. The fraction of sp³-hybridized carbons (Fsp3) is 0.273. The summed E-state index contributed by atoms with van der Waals surface area (Å²) in [7, 11) is 3.90. The summed E-state index contributed by atoms with van der Waals surface area (Å²) in [5.74, 6) is 0.544. The summed E-state index contributed by atoms with van der Waals surface area (Å²) in [5, 5.41) is 7.54. The van der Waals surface area contributed by atoms with E-state index in [9.17, 15) is 4.79 Å². The van der Waals surface area contributed by atoms with Crippen molar-refractivity contribution in [2.24, 2.45) is 7.05 Å². The number of anilines is 2. The van der Waals surface area contributed by atoms with Gasteiger partial charge in [0.1, 0.15) is 5.82 Å². The summed E-state index contributed by atoms with van der Waals surface area (Å²) < 4.78 is 2.73. The zero-order chi connectivity index (χ0) is 20.3. The van der Waals surface area contributed by atoms with Crippen LogP contribution in [0.25, 0.3) is 11.1 Å². The summed E-state index contributed by atoms with van der Waals surface area (Å²) in [5.41, 5.74) is 4.54. The maximum absolute atomic E-state index is 12.8. The van der Waals surface area contributed by atoms with Gasteiger partial charge in [-0.25, -0.2) is 0 Å². The molecule has 0 aliphatic rings. The third-order valence-electron chi connectivity index (χ3n) is 4.72. The van der Waals surface area contributed by atoms with E-state index in [1.165, 1.54) is 0 Å². The Morgan fingerprint density at radius 3 is 2.39 bits per heavy atom. The number of nitrogens with one attached hydrogen (secondary N) is 1. The highest BCUT2D eigenvalue weighted by atomic mass is 79.9. The molecule has 3 rings (SSSR count). The van der Waals surface area contributed by atoms with E-state index in [1.54, 1.807) is 4.68 Å². The van der Waals surface area contributed by atoms with Crippen LogP contribution in [-0.2, 0) is 7.05 Å². The predicted molar refractivity (Wildman–Crippen MR) is 119 cm³/mol. The number of aryl methyl sites for hydroxylation is 2. The Kier molecular flexibility index (Phi) is 6.19. The van der Waals surface area contributed by atoms with Gasteiger partial charge in [-0.2, -0.15) is 5.10 Å². The molecule has 3 aromatic rings. The van der Waals surface area contributed by atoms with Crippen molar-refractivity contribution >= 4 is 33.3 Å². The number of halogens is 1. The first kappa shape index (κ1) is 20.1. The van der Waals surface area contributed by atoms with Gasteiger partial charge in [0.25, 0.3) is 5.91 Å². The summed E-state index contributed by atoms with van der Waals surface area (Å²) >= 11 is 3.46. The Labute approximate surface area is 174 Å². The summed E-state index contributed by atoms with van der Waals surface area (Å²) in [6.45, 7) is 5.08. The van der Waals surface area contributed by atoms with Crippen LogP contribution in [-0.4, -0.2) is 29.3 Å². The van der Waals surface area contributed by atoms with E-state index in [0.717, 1.165) is 39.9 Å². The molecule has 0 saturated heterocycles. The van der Waals surface area contributed by atoms with Crippen LogP contribution in [0.1, 0.15) is 29.4 Å². The first-order valence-corrected chi connectivity index (χ1v) is 10.1. The number of nitrogens with zero attached hydrogens (tertiary/aromatic N) is 3. The number of carbonyl (C=O) groups excluding carboxylic acids is 1. The molecule has 0 saturated carbocycles. The van der Waals surface area contributed by atoms with Crippen LogP contribution in [0.2, 0.25) is 0 Å². The third kappa shape index (κ3) is 4.28. The predicted octanol–water partition coefficient (Wildman–Crippen LogP) is 5.26. The smallest absolute Gasteiger partial charge is 0.256 e. The lowest BCUT2D eigenvalue weighted by atomic mass is 10.1. The lowest BCUT2D eigenvalue weighted by Crippen LogP contribution is -2.18. The van der Waals surface area contributed by atoms with Crippen molar-refractivity contribution in [2.45, 2.75) is 20.3 Å². The van der Waals surface area contributed by atoms with Crippen molar-refractivity contribution in [3.63, 3.8) is 0 Å². The summed E-state index contributed by atoms with van der Waals surface area (Å²) in [6.07, 6.45) is 1.08. The molecule has 146 valence electrons. The Morgan fingerprint density at radius 2 is 1.79 bits per heavy atom. The van der Waals surface area contributed by atoms with Crippen LogP contribution in [0.3, 0.4) is 0 Å². The first-order valence-electron chi connectivity index (χ1n) is 9.32.